The molecule has 0 aliphatic rings. The van der Waals surface area contributed by atoms with Gasteiger partial charge in [-0.15, -0.1) is 0 Å². The molecule has 0 aromatic heterocycles. The Kier molecular flexibility index (Phi) is 7.44. The zero-order valence-electron chi connectivity index (χ0n) is 13.8. The lowest BCUT2D eigenvalue weighted by atomic mass is 10.0. The van der Waals surface area contributed by atoms with E-state index < -0.39 is 7.25 Å². The molecule has 1 aromatic rings. The molecule has 122 valence electrons. The zero-order chi connectivity index (χ0) is 16.8. The summed E-state index contributed by atoms with van der Waals surface area (Å²) in [5.74, 6) is 0. The molecule has 1 rings (SSSR count). The van der Waals surface area contributed by atoms with E-state index >= 15 is 0 Å². The zero-order valence-corrected chi connectivity index (χ0v) is 13.8. The standard InChI is InChI=1S/C15H26N.BF4/c1-7-16(8-2,9-3)15-13(5)10-12(4)11-14(15)6;2-1(3,4)5/h10-11H,7-9H2,1-6H3;/q+1;-1. The number of rotatable bonds is 4. The van der Waals surface area contributed by atoms with Crippen LogP contribution in [0.3, 0.4) is 0 Å². The maximum Gasteiger partial charge on any atom is 0.673 e. The summed E-state index contributed by atoms with van der Waals surface area (Å²) in [6, 6.07) is 4.63. The molecule has 0 spiro atoms. The molecule has 0 heterocycles. The molecule has 1 aromatic carbocycles. The van der Waals surface area contributed by atoms with Crippen LogP contribution in [0.4, 0.5) is 23.0 Å². The maximum atomic E-state index is 9.75. The second kappa shape index (κ2) is 7.83. The van der Waals surface area contributed by atoms with Crippen molar-refractivity contribution in [2.45, 2.75) is 41.5 Å². The number of aryl methyl sites for hydroxylation is 3. The smallest absolute Gasteiger partial charge is 0.418 e. The molecular formula is C15H26BF4N. The lowest BCUT2D eigenvalue weighted by Gasteiger charge is -2.37. The molecule has 0 radical (unpaired) electrons. The van der Waals surface area contributed by atoms with Crippen LogP contribution in [0.15, 0.2) is 12.1 Å². The summed E-state index contributed by atoms with van der Waals surface area (Å²) in [7, 11) is -6.00. The largest absolute Gasteiger partial charge is 0.673 e. The van der Waals surface area contributed by atoms with Gasteiger partial charge < -0.3 is 17.3 Å². The van der Waals surface area contributed by atoms with Crippen LogP contribution in [0.25, 0.3) is 0 Å². The number of benzene rings is 1. The average molecular weight is 307 g/mol. The van der Waals surface area contributed by atoms with Crippen molar-refractivity contribution in [3.05, 3.63) is 28.8 Å². The third-order valence-electron chi connectivity index (χ3n) is 3.93. The summed E-state index contributed by atoms with van der Waals surface area (Å²) in [4.78, 5) is 0. The van der Waals surface area contributed by atoms with Gasteiger partial charge in [0.15, 0.2) is 0 Å². The number of hydrogen-bond donors (Lipinski definition) is 0. The number of halogens is 4. The van der Waals surface area contributed by atoms with Crippen molar-refractivity contribution in [1.29, 1.82) is 0 Å². The first-order chi connectivity index (χ1) is 9.50. The van der Waals surface area contributed by atoms with E-state index in [1.54, 1.807) is 0 Å². The molecule has 0 aliphatic carbocycles. The van der Waals surface area contributed by atoms with Crippen molar-refractivity contribution in [1.82, 2.24) is 4.48 Å². The second-order valence-corrected chi connectivity index (χ2v) is 5.34. The van der Waals surface area contributed by atoms with Gasteiger partial charge in [0, 0.05) is 11.1 Å². The van der Waals surface area contributed by atoms with Gasteiger partial charge in [-0.2, -0.15) is 0 Å². The lowest BCUT2D eigenvalue weighted by Crippen LogP contribution is -2.49. The predicted molar refractivity (Wildman–Crippen MR) is 84.3 cm³/mol. The van der Waals surface area contributed by atoms with Crippen LogP contribution >= 0.6 is 0 Å². The molecule has 6 heteroatoms. The van der Waals surface area contributed by atoms with Gasteiger partial charge in [0.05, 0.1) is 19.6 Å². The van der Waals surface area contributed by atoms with Crippen molar-refractivity contribution in [3.8, 4) is 0 Å². The van der Waals surface area contributed by atoms with Crippen molar-refractivity contribution < 1.29 is 17.3 Å². The minimum atomic E-state index is -6.00. The predicted octanol–water partition coefficient (Wildman–Crippen LogP) is 5.28. The van der Waals surface area contributed by atoms with Gasteiger partial charge in [-0.1, -0.05) is 17.7 Å². The molecule has 0 saturated carbocycles. The lowest BCUT2D eigenvalue weighted by molar-refractivity contribution is 0.313. The molecule has 0 atom stereocenters. The summed E-state index contributed by atoms with van der Waals surface area (Å²) in [6.07, 6.45) is 0. The van der Waals surface area contributed by atoms with E-state index in [0.29, 0.717) is 0 Å². The minimum Gasteiger partial charge on any atom is -0.418 e. The topological polar surface area (TPSA) is 0 Å². The molecule has 0 unspecified atom stereocenters. The first kappa shape index (κ1) is 20.0. The van der Waals surface area contributed by atoms with E-state index in [4.69, 9.17) is 0 Å². The Morgan fingerprint density at radius 2 is 1.10 bits per heavy atom. The summed E-state index contributed by atoms with van der Waals surface area (Å²) in [5, 5.41) is 0. The third kappa shape index (κ3) is 6.08. The molecule has 0 saturated heterocycles. The van der Waals surface area contributed by atoms with Crippen LogP contribution in [-0.2, 0) is 0 Å². The van der Waals surface area contributed by atoms with Crippen molar-refractivity contribution in [3.63, 3.8) is 0 Å². The van der Waals surface area contributed by atoms with E-state index in [0.717, 1.165) is 4.48 Å². The Morgan fingerprint density at radius 3 is 1.33 bits per heavy atom. The van der Waals surface area contributed by atoms with Gasteiger partial charge in [0.2, 0.25) is 0 Å². The van der Waals surface area contributed by atoms with Gasteiger partial charge >= 0.3 is 7.25 Å². The quantitative estimate of drug-likeness (QED) is 0.403. The molecule has 0 amide bonds. The highest BCUT2D eigenvalue weighted by Gasteiger charge is 2.28. The van der Waals surface area contributed by atoms with Crippen molar-refractivity contribution >= 4 is 12.9 Å². The van der Waals surface area contributed by atoms with Crippen LogP contribution in [0.1, 0.15) is 37.5 Å². The average Bonchev–Trinajstić information content (AvgIpc) is 2.32. The monoisotopic (exact) mass is 307 g/mol. The molecule has 0 N–H and O–H groups in total. The Labute approximate surface area is 125 Å². The fourth-order valence-electron chi connectivity index (χ4n) is 3.07. The van der Waals surface area contributed by atoms with E-state index in [-0.39, 0.29) is 0 Å². The molecule has 0 aliphatic heterocycles. The highest BCUT2D eigenvalue weighted by atomic mass is 19.5. The Bertz CT molecular complexity index is 416. The highest BCUT2D eigenvalue weighted by molar-refractivity contribution is 6.50. The fraction of sp³-hybridized carbons (Fsp3) is 0.600. The van der Waals surface area contributed by atoms with Crippen LogP contribution < -0.4 is 4.48 Å². The first-order valence-electron chi connectivity index (χ1n) is 7.32. The van der Waals surface area contributed by atoms with E-state index in [2.05, 4.69) is 53.7 Å². The summed E-state index contributed by atoms with van der Waals surface area (Å²) < 4.78 is 40.1. The van der Waals surface area contributed by atoms with Crippen LogP contribution in [0.2, 0.25) is 0 Å². The minimum absolute atomic E-state index is 1.11. The first-order valence-corrected chi connectivity index (χ1v) is 7.32. The van der Waals surface area contributed by atoms with Gasteiger partial charge in [-0.3, -0.25) is 4.48 Å². The van der Waals surface area contributed by atoms with Crippen LogP contribution in [0.5, 0.6) is 0 Å². The SMILES string of the molecule is CC[N+](CC)(CC)c1c(C)cc(C)cc1C.F[B-](F)(F)F. The van der Waals surface area contributed by atoms with E-state index in [1.165, 1.54) is 42.0 Å². The maximum absolute atomic E-state index is 9.75. The fourth-order valence-corrected chi connectivity index (χ4v) is 3.07. The van der Waals surface area contributed by atoms with Crippen LogP contribution in [-0.4, -0.2) is 26.9 Å². The Morgan fingerprint density at radius 1 is 0.810 bits per heavy atom. The Balaban J connectivity index is 0.000000690. The van der Waals surface area contributed by atoms with Crippen molar-refractivity contribution in [2.75, 3.05) is 19.6 Å². The number of hydrogen-bond acceptors (Lipinski definition) is 0. The normalized spacial score (nSPS) is 11.9. The van der Waals surface area contributed by atoms with E-state index in [9.17, 15) is 17.3 Å². The van der Waals surface area contributed by atoms with Crippen molar-refractivity contribution in [2.24, 2.45) is 0 Å². The highest BCUT2D eigenvalue weighted by Crippen LogP contribution is 2.31. The Hall–Kier alpha value is -1.04. The third-order valence-corrected chi connectivity index (χ3v) is 3.93. The number of quaternary nitrogens is 1. The molecular weight excluding hydrogens is 281 g/mol. The second-order valence-electron chi connectivity index (χ2n) is 5.34. The van der Waals surface area contributed by atoms with Gasteiger partial charge in [0.1, 0.15) is 5.69 Å². The molecule has 21 heavy (non-hydrogen) atoms. The summed E-state index contributed by atoms with van der Waals surface area (Å²) in [6.45, 7) is 17.1. The number of nitrogens with zero attached hydrogens (tertiary/aromatic N) is 1. The molecule has 0 fully saturated rings. The molecule has 1 nitrogen and oxygen atoms in total. The summed E-state index contributed by atoms with van der Waals surface area (Å²) >= 11 is 0. The van der Waals surface area contributed by atoms with Gasteiger partial charge in [0.25, 0.3) is 0 Å². The van der Waals surface area contributed by atoms with E-state index in [1.807, 2.05) is 0 Å². The van der Waals surface area contributed by atoms with Gasteiger partial charge in [-0.05, 0) is 41.5 Å². The molecule has 0 bridgehead atoms. The van der Waals surface area contributed by atoms with Crippen LogP contribution in [0, 0.1) is 20.8 Å². The summed E-state index contributed by atoms with van der Waals surface area (Å²) in [5.41, 5.74) is 5.81. The van der Waals surface area contributed by atoms with Gasteiger partial charge in [-0.25, -0.2) is 0 Å².